The third kappa shape index (κ3) is 3.54. The monoisotopic (exact) mass is 348 g/mol. The Balaban J connectivity index is 1.82. The van der Waals surface area contributed by atoms with Gasteiger partial charge in [0.05, 0.1) is 0 Å². The number of allylic oxidation sites excluding steroid dienone is 1. The lowest BCUT2D eigenvalue weighted by molar-refractivity contribution is 0.0844. The summed E-state index contributed by atoms with van der Waals surface area (Å²) in [5.41, 5.74) is 5.13. The van der Waals surface area contributed by atoms with Crippen LogP contribution in [0.2, 0.25) is 0 Å². The van der Waals surface area contributed by atoms with Crippen LogP contribution in [0.4, 0.5) is 0 Å². The van der Waals surface area contributed by atoms with Crippen LogP contribution in [-0.2, 0) is 6.42 Å². The van der Waals surface area contributed by atoms with Gasteiger partial charge in [-0.05, 0) is 30.2 Å². The molecular formula is C20H16N2O4. The van der Waals surface area contributed by atoms with Crippen LogP contribution in [0.1, 0.15) is 26.3 Å². The maximum absolute atomic E-state index is 12.3. The lowest BCUT2D eigenvalue weighted by atomic mass is 10.1. The molecular weight excluding hydrogens is 332 g/mol. The quantitative estimate of drug-likeness (QED) is 0.431. The number of amides is 2. The van der Waals surface area contributed by atoms with Crippen LogP contribution < -0.4 is 16.5 Å². The van der Waals surface area contributed by atoms with Gasteiger partial charge in [0.2, 0.25) is 0 Å². The minimum absolute atomic E-state index is 0.193. The number of carbonyl (C=O) groups excluding carboxylic acids is 2. The van der Waals surface area contributed by atoms with E-state index in [1.54, 1.807) is 48.5 Å². The van der Waals surface area contributed by atoms with Crippen LogP contribution in [0.15, 0.2) is 76.5 Å². The SMILES string of the molecule is C=CCc1cccc2cc(C(=O)NNC(=O)c3ccccc3)c(=O)oc12. The zero-order chi connectivity index (χ0) is 18.5. The highest BCUT2D eigenvalue weighted by Crippen LogP contribution is 2.19. The van der Waals surface area contributed by atoms with E-state index in [0.29, 0.717) is 23.0 Å². The molecule has 0 unspecified atom stereocenters. The molecule has 1 aromatic heterocycles. The number of hydrogen-bond donors (Lipinski definition) is 2. The van der Waals surface area contributed by atoms with E-state index in [4.69, 9.17) is 4.42 Å². The van der Waals surface area contributed by atoms with E-state index in [-0.39, 0.29) is 5.56 Å². The van der Waals surface area contributed by atoms with E-state index >= 15 is 0 Å². The number of rotatable bonds is 4. The predicted octanol–water partition coefficient (Wildman–Crippen LogP) is 2.60. The Kier molecular flexibility index (Phi) is 4.94. The number of nitrogens with one attached hydrogen (secondary N) is 2. The van der Waals surface area contributed by atoms with Crippen molar-refractivity contribution in [2.24, 2.45) is 0 Å². The summed E-state index contributed by atoms with van der Waals surface area (Å²) >= 11 is 0. The molecule has 1 heterocycles. The van der Waals surface area contributed by atoms with Crippen LogP contribution in [0.25, 0.3) is 11.0 Å². The lowest BCUT2D eigenvalue weighted by Crippen LogP contribution is -2.43. The molecule has 0 atom stereocenters. The second kappa shape index (κ2) is 7.48. The summed E-state index contributed by atoms with van der Waals surface area (Å²) in [5.74, 6) is -1.24. The van der Waals surface area contributed by atoms with E-state index in [2.05, 4.69) is 17.4 Å². The molecule has 2 amide bonds. The van der Waals surface area contributed by atoms with Crippen molar-refractivity contribution in [3.63, 3.8) is 0 Å². The molecule has 6 nitrogen and oxygen atoms in total. The molecule has 130 valence electrons. The number of para-hydroxylation sites is 1. The number of fused-ring (bicyclic) bond motifs is 1. The maximum atomic E-state index is 12.3. The molecule has 3 aromatic rings. The predicted molar refractivity (Wildman–Crippen MR) is 97.8 cm³/mol. The van der Waals surface area contributed by atoms with Crippen LogP contribution >= 0.6 is 0 Å². The van der Waals surface area contributed by atoms with E-state index in [9.17, 15) is 14.4 Å². The Bertz CT molecular complexity index is 1040. The Hall–Kier alpha value is -3.67. The summed E-state index contributed by atoms with van der Waals surface area (Å²) in [6.45, 7) is 3.67. The summed E-state index contributed by atoms with van der Waals surface area (Å²) in [7, 11) is 0. The van der Waals surface area contributed by atoms with Gasteiger partial charge in [-0.25, -0.2) is 4.79 Å². The minimum atomic E-state index is -0.777. The van der Waals surface area contributed by atoms with Crippen LogP contribution in [0, 0.1) is 0 Å². The van der Waals surface area contributed by atoms with Crippen molar-refractivity contribution in [2.75, 3.05) is 0 Å². The Morgan fingerprint density at radius 2 is 1.73 bits per heavy atom. The van der Waals surface area contributed by atoms with Gasteiger partial charge in [0.25, 0.3) is 11.8 Å². The molecule has 6 heteroatoms. The van der Waals surface area contributed by atoms with E-state index < -0.39 is 17.4 Å². The summed E-state index contributed by atoms with van der Waals surface area (Å²) in [5, 5.41) is 0.614. The fourth-order valence-corrected chi connectivity index (χ4v) is 2.52. The van der Waals surface area contributed by atoms with Gasteiger partial charge in [-0.2, -0.15) is 0 Å². The maximum Gasteiger partial charge on any atom is 0.349 e. The third-order valence-corrected chi connectivity index (χ3v) is 3.78. The number of hydrogen-bond acceptors (Lipinski definition) is 4. The number of benzene rings is 2. The van der Waals surface area contributed by atoms with Gasteiger partial charge in [0.1, 0.15) is 11.1 Å². The first-order chi connectivity index (χ1) is 12.6. The van der Waals surface area contributed by atoms with Gasteiger partial charge >= 0.3 is 5.63 Å². The second-order valence-electron chi connectivity index (χ2n) is 5.55. The fourth-order valence-electron chi connectivity index (χ4n) is 2.52. The highest BCUT2D eigenvalue weighted by Gasteiger charge is 2.16. The van der Waals surface area contributed by atoms with Gasteiger partial charge < -0.3 is 4.42 Å². The van der Waals surface area contributed by atoms with E-state index in [1.807, 2.05) is 6.07 Å². The molecule has 0 bridgehead atoms. The number of carbonyl (C=O) groups is 2. The summed E-state index contributed by atoms with van der Waals surface area (Å²) in [4.78, 5) is 36.4. The van der Waals surface area contributed by atoms with Crippen molar-refractivity contribution in [1.82, 2.24) is 10.9 Å². The van der Waals surface area contributed by atoms with Crippen molar-refractivity contribution < 1.29 is 14.0 Å². The molecule has 0 spiro atoms. The van der Waals surface area contributed by atoms with Gasteiger partial charge in [0.15, 0.2) is 0 Å². The van der Waals surface area contributed by atoms with Crippen molar-refractivity contribution in [1.29, 1.82) is 0 Å². The number of hydrazine groups is 1. The van der Waals surface area contributed by atoms with Crippen molar-refractivity contribution in [3.8, 4) is 0 Å². The first kappa shape index (κ1) is 17.2. The van der Waals surface area contributed by atoms with E-state index in [1.165, 1.54) is 6.07 Å². The molecule has 0 aliphatic heterocycles. The average Bonchev–Trinajstić information content (AvgIpc) is 2.67. The van der Waals surface area contributed by atoms with E-state index in [0.717, 1.165) is 5.56 Å². The van der Waals surface area contributed by atoms with Gasteiger partial charge in [-0.1, -0.05) is 42.5 Å². The molecule has 2 aromatic carbocycles. The second-order valence-corrected chi connectivity index (χ2v) is 5.55. The molecule has 0 radical (unpaired) electrons. The first-order valence-corrected chi connectivity index (χ1v) is 7.92. The van der Waals surface area contributed by atoms with Gasteiger partial charge in [-0.15, -0.1) is 6.58 Å². The molecule has 0 fully saturated rings. The smallest absolute Gasteiger partial charge is 0.349 e. The lowest BCUT2D eigenvalue weighted by Gasteiger charge is -2.08. The molecule has 0 aliphatic carbocycles. The average molecular weight is 348 g/mol. The Labute approximate surface area is 149 Å². The highest BCUT2D eigenvalue weighted by molar-refractivity contribution is 6.00. The highest BCUT2D eigenvalue weighted by atomic mass is 16.4. The van der Waals surface area contributed by atoms with Gasteiger partial charge in [-0.3, -0.25) is 20.4 Å². The molecule has 0 saturated heterocycles. The third-order valence-electron chi connectivity index (χ3n) is 3.78. The van der Waals surface area contributed by atoms with Crippen LogP contribution in [0.5, 0.6) is 0 Å². The fraction of sp³-hybridized carbons (Fsp3) is 0.0500. The Morgan fingerprint density at radius 3 is 2.46 bits per heavy atom. The summed E-state index contributed by atoms with van der Waals surface area (Å²) in [6, 6.07) is 15.2. The van der Waals surface area contributed by atoms with Crippen LogP contribution in [0.3, 0.4) is 0 Å². The molecule has 26 heavy (non-hydrogen) atoms. The largest absolute Gasteiger partial charge is 0.422 e. The normalized spacial score (nSPS) is 10.3. The van der Waals surface area contributed by atoms with Gasteiger partial charge in [0, 0.05) is 10.9 Å². The Morgan fingerprint density at radius 1 is 1.00 bits per heavy atom. The summed E-state index contributed by atoms with van der Waals surface area (Å²) in [6.07, 6.45) is 2.24. The molecule has 2 N–H and O–H groups in total. The molecule has 0 aliphatic rings. The zero-order valence-electron chi connectivity index (χ0n) is 13.8. The first-order valence-electron chi connectivity index (χ1n) is 7.92. The zero-order valence-corrected chi connectivity index (χ0v) is 13.8. The van der Waals surface area contributed by atoms with Crippen molar-refractivity contribution in [3.05, 3.63) is 94.4 Å². The molecule has 3 rings (SSSR count). The summed E-state index contributed by atoms with van der Waals surface area (Å²) < 4.78 is 5.31. The topological polar surface area (TPSA) is 88.4 Å². The molecule has 0 saturated carbocycles. The van der Waals surface area contributed by atoms with Crippen molar-refractivity contribution in [2.45, 2.75) is 6.42 Å². The standard InChI is InChI=1S/C20H16N2O4/c1-2-7-13-10-6-11-15-12-16(20(25)26-17(13)15)19(24)22-21-18(23)14-8-4-3-5-9-14/h2-6,8-12H,1,7H2,(H,21,23)(H,22,24). The van der Waals surface area contributed by atoms with Crippen LogP contribution in [-0.4, -0.2) is 11.8 Å². The van der Waals surface area contributed by atoms with Crippen molar-refractivity contribution >= 4 is 22.8 Å². The minimum Gasteiger partial charge on any atom is -0.422 e.